The smallest absolute Gasteiger partial charge is 0.0834 e. The number of ether oxygens (including phenoxy) is 1. The van der Waals surface area contributed by atoms with E-state index in [2.05, 4.69) is 24.3 Å². The van der Waals surface area contributed by atoms with Gasteiger partial charge in [-0.05, 0) is 19.4 Å². The van der Waals surface area contributed by atoms with E-state index in [1.54, 1.807) is 13.3 Å². The topological polar surface area (TPSA) is 39.1 Å². The van der Waals surface area contributed by atoms with Gasteiger partial charge in [0.1, 0.15) is 0 Å². The number of hydrogen-bond donors (Lipinski definition) is 1. The van der Waals surface area contributed by atoms with Crippen molar-refractivity contribution in [3.05, 3.63) is 16.9 Å². The maximum atomic E-state index is 6.23. The molecule has 1 aromatic heterocycles. The van der Waals surface area contributed by atoms with Crippen LogP contribution in [0.2, 0.25) is 5.02 Å². The highest BCUT2D eigenvalue weighted by molar-refractivity contribution is 6.31. The average Bonchev–Trinajstić information content (AvgIpc) is 2.67. The molecule has 0 aliphatic heterocycles. The molecular formula is C12H22ClN3O. The summed E-state index contributed by atoms with van der Waals surface area (Å²) in [5.41, 5.74) is 1.08. The van der Waals surface area contributed by atoms with Crippen molar-refractivity contribution in [3.8, 4) is 0 Å². The van der Waals surface area contributed by atoms with E-state index in [0.717, 1.165) is 36.6 Å². The van der Waals surface area contributed by atoms with Gasteiger partial charge in [0.15, 0.2) is 0 Å². The van der Waals surface area contributed by atoms with Crippen LogP contribution in [0.5, 0.6) is 0 Å². The molecule has 17 heavy (non-hydrogen) atoms. The molecule has 98 valence electrons. The molecule has 1 heterocycles. The molecule has 1 rings (SSSR count). The molecule has 0 aliphatic carbocycles. The molecule has 0 amide bonds. The SMILES string of the molecule is CCCn1ncc(Cl)c1C(CCOC)NCC. The summed E-state index contributed by atoms with van der Waals surface area (Å²) in [6.45, 7) is 6.75. The average molecular weight is 260 g/mol. The molecule has 0 radical (unpaired) electrons. The van der Waals surface area contributed by atoms with Crippen molar-refractivity contribution in [1.82, 2.24) is 15.1 Å². The molecule has 5 heteroatoms. The lowest BCUT2D eigenvalue weighted by Gasteiger charge is -2.19. The largest absolute Gasteiger partial charge is 0.385 e. The lowest BCUT2D eigenvalue weighted by Crippen LogP contribution is -2.25. The van der Waals surface area contributed by atoms with Gasteiger partial charge < -0.3 is 10.1 Å². The van der Waals surface area contributed by atoms with Crippen LogP contribution >= 0.6 is 11.6 Å². The van der Waals surface area contributed by atoms with Gasteiger partial charge in [0.2, 0.25) is 0 Å². The van der Waals surface area contributed by atoms with Crippen LogP contribution in [0.4, 0.5) is 0 Å². The van der Waals surface area contributed by atoms with E-state index in [9.17, 15) is 0 Å². The van der Waals surface area contributed by atoms with Crippen LogP contribution in [0.1, 0.15) is 38.4 Å². The molecule has 4 nitrogen and oxygen atoms in total. The summed E-state index contributed by atoms with van der Waals surface area (Å²) in [7, 11) is 1.72. The van der Waals surface area contributed by atoms with Crippen LogP contribution in [0.3, 0.4) is 0 Å². The van der Waals surface area contributed by atoms with E-state index in [-0.39, 0.29) is 6.04 Å². The van der Waals surface area contributed by atoms with E-state index in [0.29, 0.717) is 6.61 Å². The number of nitrogens with zero attached hydrogens (tertiary/aromatic N) is 2. The predicted molar refractivity (Wildman–Crippen MR) is 70.4 cm³/mol. The normalized spacial score (nSPS) is 12.9. The number of rotatable bonds is 8. The van der Waals surface area contributed by atoms with E-state index >= 15 is 0 Å². The van der Waals surface area contributed by atoms with Crippen molar-refractivity contribution in [3.63, 3.8) is 0 Å². The van der Waals surface area contributed by atoms with Gasteiger partial charge >= 0.3 is 0 Å². The summed E-state index contributed by atoms with van der Waals surface area (Å²) in [5.74, 6) is 0. The van der Waals surface area contributed by atoms with Gasteiger partial charge in [-0.3, -0.25) is 4.68 Å². The summed E-state index contributed by atoms with van der Waals surface area (Å²) in [5, 5.41) is 8.49. The van der Waals surface area contributed by atoms with Crippen molar-refractivity contribution in [1.29, 1.82) is 0 Å². The van der Waals surface area contributed by atoms with Crippen molar-refractivity contribution >= 4 is 11.6 Å². The summed E-state index contributed by atoms with van der Waals surface area (Å²) < 4.78 is 7.14. The van der Waals surface area contributed by atoms with E-state index in [1.807, 2.05) is 4.68 Å². The van der Waals surface area contributed by atoms with Crippen LogP contribution in [-0.4, -0.2) is 30.0 Å². The number of aryl methyl sites for hydroxylation is 1. The summed E-state index contributed by atoms with van der Waals surface area (Å²) in [6, 6.07) is 0.210. The molecule has 0 aliphatic rings. The van der Waals surface area contributed by atoms with Gasteiger partial charge in [0.25, 0.3) is 0 Å². The van der Waals surface area contributed by atoms with Crippen LogP contribution in [0.15, 0.2) is 6.20 Å². The van der Waals surface area contributed by atoms with E-state index in [1.165, 1.54) is 0 Å². The zero-order valence-electron chi connectivity index (χ0n) is 10.9. The maximum Gasteiger partial charge on any atom is 0.0834 e. The third-order valence-corrected chi connectivity index (χ3v) is 2.95. The summed E-state index contributed by atoms with van der Waals surface area (Å²) in [4.78, 5) is 0. The Hall–Kier alpha value is -0.580. The highest BCUT2D eigenvalue weighted by Gasteiger charge is 2.19. The lowest BCUT2D eigenvalue weighted by molar-refractivity contribution is 0.181. The number of hydrogen-bond acceptors (Lipinski definition) is 3. The van der Waals surface area contributed by atoms with Gasteiger partial charge in [-0.1, -0.05) is 25.4 Å². The number of nitrogens with one attached hydrogen (secondary N) is 1. The van der Waals surface area contributed by atoms with Gasteiger partial charge in [-0.25, -0.2) is 0 Å². The molecule has 0 aromatic carbocycles. The Morgan fingerprint density at radius 3 is 2.88 bits per heavy atom. The second-order valence-electron chi connectivity index (χ2n) is 3.99. The number of aromatic nitrogens is 2. The Labute approximate surface area is 108 Å². The predicted octanol–water partition coefficient (Wildman–Crippen LogP) is 2.63. The first-order chi connectivity index (χ1) is 8.24. The molecule has 1 unspecified atom stereocenters. The van der Waals surface area contributed by atoms with Crippen LogP contribution in [0, 0.1) is 0 Å². The Balaban J connectivity index is 2.86. The van der Waals surface area contributed by atoms with Crippen LogP contribution in [0.25, 0.3) is 0 Å². The fourth-order valence-corrected chi connectivity index (χ4v) is 2.20. The Morgan fingerprint density at radius 2 is 2.29 bits per heavy atom. The fraction of sp³-hybridized carbons (Fsp3) is 0.750. The molecule has 1 N–H and O–H groups in total. The highest BCUT2D eigenvalue weighted by atomic mass is 35.5. The monoisotopic (exact) mass is 259 g/mol. The summed E-state index contributed by atoms with van der Waals surface area (Å²) in [6.07, 6.45) is 3.68. The number of halogens is 1. The first kappa shape index (κ1) is 14.5. The Bertz CT molecular complexity index is 328. The highest BCUT2D eigenvalue weighted by Crippen LogP contribution is 2.25. The van der Waals surface area contributed by atoms with Crippen molar-refractivity contribution < 1.29 is 4.74 Å². The second kappa shape index (κ2) is 7.69. The Morgan fingerprint density at radius 1 is 1.53 bits per heavy atom. The lowest BCUT2D eigenvalue weighted by atomic mass is 10.1. The minimum absolute atomic E-state index is 0.210. The molecule has 0 saturated heterocycles. The molecule has 0 spiro atoms. The van der Waals surface area contributed by atoms with Gasteiger partial charge in [0, 0.05) is 20.3 Å². The van der Waals surface area contributed by atoms with Gasteiger partial charge in [-0.2, -0.15) is 5.10 Å². The second-order valence-corrected chi connectivity index (χ2v) is 4.40. The number of methoxy groups -OCH3 is 1. The fourth-order valence-electron chi connectivity index (χ4n) is 1.93. The quantitative estimate of drug-likeness (QED) is 0.780. The van der Waals surface area contributed by atoms with E-state index < -0.39 is 0 Å². The van der Waals surface area contributed by atoms with Crippen molar-refractivity contribution in [2.45, 2.75) is 39.3 Å². The molecular weight excluding hydrogens is 238 g/mol. The molecule has 1 atom stereocenters. The zero-order valence-corrected chi connectivity index (χ0v) is 11.6. The molecule has 0 fully saturated rings. The minimum Gasteiger partial charge on any atom is -0.385 e. The van der Waals surface area contributed by atoms with Gasteiger partial charge in [0.05, 0.1) is 23.0 Å². The van der Waals surface area contributed by atoms with Crippen molar-refractivity contribution in [2.75, 3.05) is 20.3 Å². The first-order valence-electron chi connectivity index (χ1n) is 6.18. The molecule has 1 aromatic rings. The maximum absolute atomic E-state index is 6.23. The van der Waals surface area contributed by atoms with Gasteiger partial charge in [-0.15, -0.1) is 0 Å². The summed E-state index contributed by atoms with van der Waals surface area (Å²) >= 11 is 6.23. The standard InChI is InChI=1S/C12H22ClN3O/c1-4-7-16-12(10(13)9-15-16)11(14-5-2)6-8-17-3/h9,11,14H,4-8H2,1-3H3. The molecule has 0 bridgehead atoms. The van der Waals surface area contributed by atoms with Crippen LogP contribution < -0.4 is 5.32 Å². The van der Waals surface area contributed by atoms with Crippen molar-refractivity contribution in [2.24, 2.45) is 0 Å². The zero-order chi connectivity index (χ0) is 12.7. The third-order valence-electron chi connectivity index (χ3n) is 2.66. The van der Waals surface area contributed by atoms with Crippen LogP contribution in [-0.2, 0) is 11.3 Å². The Kier molecular flexibility index (Phi) is 6.55. The van der Waals surface area contributed by atoms with E-state index in [4.69, 9.17) is 16.3 Å². The molecule has 0 saturated carbocycles. The minimum atomic E-state index is 0.210. The third kappa shape index (κ3) is 3.98. The first-order valence-corrected chi connectivity index (χ1v) is 6.55.